The molecule has 0 radical (unpaired) electrons. The molecule has 6 nitrogen and oxygen atoms in total. The number of nitrogens with zero attached hydrogens (tertiary/aromatic N) is 3. The van der Waals surface area contributed by atoms with Crippen LogP contribution in [0.1, 0.15) is 24.4 Å². The third-order valence-electron chi connectivity index (χ3n) is 6.90. The number of fused-ring (bicyclic) bond motifs is 3. The molecule has 0 spiro atoms. The van der Waals surface area contributed by atoms with E-state index >= 15 is 0 Å². The average molecular weight is 391 g/mol. The van der Waals surface area contributed by atoms with E-state index < -0.39 is 0 Å². The van der Waals surface area contributed by atoms with Crippen LogP contribution in [0, 0.1) is 11.8 Å². The van der Waals surface area contributed by atoms with Gasteiger partial charge in [-0.25, -0.2) is 4.98 Å². The summed E-state index contributed by atoms with van der Waals surface area (Å²) in [7, 11) is 0. The highest BCUT2D eigenvalue weighted by Gasteiger charge is 2.42. The maximum Gasteiger partial charge on any atom is 0.231 e. The number of imidazole rings is 1. The minimum atomic E-state index is -0.327. The molecule has 3 aromatic rings. The van der Waals surface area contributed by atoms with Gasteiger partial charge in [0, 0.05) is 25.2 Å². The molecule has 4 atom stereocenters. The second-order valence-corrected chi connectivity index (χ2v) is 8.61. The van der Waals surface area contributed by atoms with Crippen molar-refractivity contribution in [2.45, 2.75) is 31.5 Å². The van der Waals surface area contributed by atoms with Crippen LogP contribution in [-0.2, 0) is 6.54 Å². The van der Waals surface area contributed by atoms with Crippen molar-refractivity contribution in [3.63, 3.8) is 0 Å². The number of aromatic nitrogens is 2. The molecule has 150 valence electrons. The van der Waals surface area contributed by atoms with Gasteiger partial charge in [-0.1, -0.05) is 24.3 Å². The van der Waals surface area contributed by atoms with E-state index in [9.17, 15) is 5.11 Å². The van der Waals surface area contributed by atoms with Crippen LogP contribution in [0.3, 0.4) is 0 Å². The first-order valence-electron chi connectivity index (χ1n) is 10.5. The maximum absolute atomic E-state index is 10.9. The summed E-state index contributed by atoms with van der Waals surface area (Å²) < 4.78 is 13.4. The van der Waals surface area contributed by atoms with E-state index in [1.165, 1.54) is 5.56 Å². The first-order valence-corrected chi connectivity index (χ1v) is 10.5. The number of likely N-dealkylation sites (tertiary alicyclic amines) is 1. The molecule has 29 heavy (non-hydrogen) atoms. The van der Waals surface area contributed by atoms with Crippen LogP contribution in [-0.4, -0.2) is 45.5 Å². The van der Waals surface area contributed by atoms with Crippen LogP contribution in [0.15, 0.2) is 48.8 Å². The lowest BCUT2D eigenvalue weighted by Gasteiger charge is -2.36. The normalized spacial score (nSPS) is 28.7. The van der Waals surface area contributed by atoms with Gasteiger partial charge in [-0.3, -0.25) is 4.90 Å². The van der Waals surface area contributed by atoms with Crippen molar-refractivity contribution < 1.29 is 14.6 Å². The van der Waals surface area contributed by atoms with Gasteiger partial charge in [0.15, 0.2) is 11.5 Å². The zero-order valence-electron chi connectivity index (χ0n) is 16.3. The number of para-hydroxylation sites is 3. The Bertz CT molecular complexity index is 1050. The Morgan fingerprint density at radius 3 is 2.79 bits per heavy atom. The van der Waals surface area contributed by atoms with E-state index in [2.05, 4.69) is 26.6 Å². The predicted octanol–water partition coefficient (Wildman–Crippen LogP) is 3.21. The zero-order chi connectivity index (χ0) is 19.4. The van der Waals surface area contributed by atoms with Gasteiger partial charge in [-0.15, -0.1) is 0 Å². The Morgan fingerprint density at radius 1 is 1.00 bits per heavy atom. The van der Waals surface area contributed by atoms with Gasteiger partial charge in [0.2, 0.25) is 6.79 Å². The number of aliphatic hydroxyl groups is 1. The van der Waals surface area contributed by atoms with E-state index in [1.807, 2.05) is 36.7 Å². The van der Waals surface area contributed by atoms with E-state index in [1.54, 1.807) is 0 Å². The molecule has 6 rings (SSSR count). The van der Waals surface area contributed by atoms with Crippen LogP contribution < -0.4 is 9.47 Å². The molecule has 0 amide bonds. The molecule has 2 aliphatic heterocycles. The standard InChI is InChI=1S/C23H25N3O3/c27-21-9-17-12-25(10-15-4-3-7-22-23(15)29-14-28-22)11-16(17)8-20(21)26-13-24-18-5-1-2-6-19(18)26/h1-7,13,16-17,20-21,27H,8-12,14H2/t16-,17+,20-,21-/m1/s1. The van der Waals surface area contributed by atoms with Gasteiger partial charge in [0.25, 0.3) is 0 Å². The van der Waals surface area contributed by atoms with E-state index in [0.29, 0.717) is 18.6 Å². The topological polar surface area (TPSA) is 59.8 Å². The van der Waals surface area contributed by atoms with Crippen LogP contribution in [0.5, 0.6) is 11.5 Å². The first-order chi connectivity index (χ1) is 14.3. The van der Waals surface area contributed by atoms with Gasteiger partial charge >= 0.3 is 0 Å². The summed E-state index contributed by atoms with van der Waals surface area (Å²) in [5.41, 5.74) is 3.30. The third kappa shape index (κ3) is 2.90. The summed E-state index contributed by atoms with van der Waals surface area (Å²) in [6.45, 7) is 3.27. The molecule has 3 heterocycles. The fourth-order valence-corrected chi connectivity index (χ4v) is 5.53. The van der Waals surface area contributed by atoms with Gasteiger partial charge in [0.05, 0.1) is 29.5 Å². The molecule has 1 aromatic heterocycles. The molecule has 0 unspecified atom stereocenters. The van der Waals surface area contributed by atoms with Crippen LogP contribution >= 0.6 is 0 Å². The van der Waals surface area contributed by atoms with Crippen molar-refractivity contribution in [2.75, 3.05) is 19.9 Å². The van der Waals surface area contributed by atoms with Crippen molar-refractivity contribution in [2.24, 2.45) is 11.8 Å². The van der Waals surface area contributed by atoms with Crippen LogP contribution in [0.2, 0.25) is 0 Å². The van der Waals surface area contributed by atoms with Crippen LogP contribution in [0.25, 0.3) is 11.0 Å². The van der Waals surface area contributed by atoms with Gasteiger partial charge < -0.3 is 19.1 Å². The molecule has 6 heteroatoms. The largest absolute Gasteiger partial charge is 0.454 e. The number of aliphatic hydroxyl groups excluding tert-OH is 1. The zero-order valence-corrected chi connectivity index (χ0v) is 16.3. The minimum absolute atomic E-state index is 0.0984. The van der Waals surface area contributed by atoms with Crippen molar-refractivity contribution in [3.8, 4) is 11.5 Å². The molecule has 1 aliphatic carbocycles. The highest BCUT2D eigenvalue weighted by molar-refractivity contribution is 5.75. The Labute approximate surface area is 169 Å². The summed E-state index contributed by atoms with van der Waals surface area (Å²) in [6, 6.07) is 14.4. The van der Waals surface area contributed by atoms with Crippen molar-refractivity contribution in [3.05, 3.63) is 54.4 Å². The molecule has 2 aromatic carbocycles. The fraction of sp³-hybridized carbons (Fsp3) is 0.435. The summed E-state index contributed by atoms with van der Waals surface area (Å²) >= 11 is 0. The van der Waals surface area contributed by atoms with Crippen molar-refractivity contribution >= 4 is 11.0 Å². The van der Waals surface area contributed by atoms with Crippen molar-refractivity contribution in [1.29, 1.82) is 0 Å². The number of rotatable bonds is 3. The number of benzene rings is 2. The summed E-state index contributed by atoms with van der Waals surface area (Å²) in [5, 5.41) is 10.9. The number of ether oxygens (including phenoxy) is 2. The highest BCUT2D eigenvalue weighted by Crippen LogP contribution is 2.43. The predicted molar refractivity (Wildman–Crippen MR) is 109 cm³/mol. The molecule has 2 fully saturated rings. The molecular weight excluding hydrogens is 366 g/mol. The van der Waals surface area contributed by atoms with E-state index in [0.717, 1.165) is 55.0 Å². The lowest BCUT2D eigenvalue weighted by atomic mass is 9.77. The Balaban J connectivity index is 1.20. The molecule has 3 aliphatic rings. The van der Waals surface area contributed by atoms with Gasteiger partial charge in [-0.05, 0) is 42.9 Å². The van der Waals surface area contributed by atoms with Gasteiger partial charge in [-0.2, -0.15) is 0 Å². The second kappa shape index (κ2) is 6.75. The Hall–Kier alpha value is -2.57. The summed E-state index contributed by atoms with van der Waals surface area (Å²) in [4.78, 5) is 7.04. The lowest BCUT2D eigenvalue weighted by Crippen LogP contribution is -2.36. The quantitative estimate of drug-likeness (QED) is 0.743. The summed E-state index contributed by atoms with van der Waals surface area (Å²) in [5.74, 6) is 2.88. The minimum Gasteiger partial charge on any atom is -0.454 e. The Morgan fingerprint density at radius 2 is 1.86 bits per heavy atom. The van der Waals surface area contributed by atoms with E-state index in [-0.39, 0.29) is 12.1 Å². The number of hydrogen-bond donors (Lipinski definition) is 1. The van der Waals surface area contributed by atoms with Crippen molar-refractivity contribution in [1.82, 2.24) is 14.5 Å². The van der Waals surface area contributed by atoms with Crippen LogP contribution in [0.4, 0.5) is 0 Å². The lowest BCUT2D eigenvalue weighted by molar-refractivity contribution is 0.0374. The van der Waals surface area contributed by atoms with E-state index in [4.69, 9.17) is 9.47 Å². The molecule has 1 saturated heterocycles. The summed E-state index contributed by atoms with van der Waals surface area (Å²) in [6.07, 6.45) is 3.42. The monoisotopic (exact) mass is 391 g/mol. The third-order valence-corrected chi connectivity index (χ3v) is 6.90. The smallest absolute Gasteiger partial charge is 0.231 e. The maximum atomic E-state index is 10.9. The fourth-order valence-electron chi connectivity index (χ4n) is 5.53. The Kier molecular flexibility index (Phi) is 4.03. The average Bonchev–Trinajstić information content (AvgIpc) is 3.45. The molecule has 1 N–H and O–H groups in total. The highest BCUT2D eigenvalue weighted by atomic mass is 16.7. The molecule has 0 bridgehead atoms. The SMILES string of the molecule is O[C@@H]1C[C@H]2CN(Cc3cccc4c3OCO4)C[C@H]2C[C@H]1n1cnc2ccccc21. The first kappa shape index (κ1) is 17.3. The second-order valence-electron chi connectivity index (χ2n) is 8.61. The number of hydrogen-bond acceptors (Lipinski definition) is 5. The van der Waals surface area contributed by atoms with Gasteiger partial charge in [0.1, 0.15) is 0 Å². The molecular formula is C23H25N3O3. The molecule has 1 saturated carbocycles.